The summed E-state index contributed by atoms with van der Waals surface area (Å²) in [4.78, 5) is 25.9. The van der Waals surface area contributed by atoms with E-state index in [0.717, 1.165) is 23.1 Å². The van der Waals surface area contributed by atoms with Crippen LogP contribution >= 0.6 is 0 Å². The lowest BCUT2D eigenvalue weighted by atomic mass is 9.88. The monoisotopic (exact) mass is 485 g/mol. The molecule has 0 aromatic heterocycles. The summed E-state index contributed by atoms with van der Waals surface area (Å²) in [7, 11) is -4.21. The van der Waals surface area contributed by atoms with Crippen molar-refractivity contribution in [2.45, 2.75) is 42.3 Å². The Morgan fingerprint density at radius 3 is 2.39 bits per heavy atom. The maximum atomic E-state index is 14.8. The summed E-state index contributed by atoms with van der Waals surface area (Å²) in [5.41, 5.74) is 5.32. The van der Waals surface area contributed by atoms with Crippen molar-refractivity contribution < 1.29 is 35.6 Å². The van der Waals surface area contributed by atoms with E-state index in [1.54, 1.807) is 0 Å². The molecule has 1 saturated carbocycles. The lowest BCUT2D eigenvalue weighted by Gasteiger charge is -2.35. The van der Waals surface area contributed by atoms with E-state index in [1.165, 1.54) is 12.1 Å². The van der Waals surface area contributed by atoms with E-state index in [4.69, 9.17) is 5.73 Å². The first-order chi connectivity index (χ1) is 15.4. The fourth-order valence-corrected chi connectivity index (χ4v) is 5.42. The third-order valence-corrected chi connectivity index (χ3v) is 7.38. The number of carbonyl (C=O) groups excluding carboxylic acids is 2. The molecule has 0 saturated heterocycles. The predicted molar refractivity (Wildman–Crippen MR) is 109 cm³/mol. The van der Waals surface area contributed by atoms with Gasteiger partial charge in [0.2, 0.25) is 5.91 Å². The first-order valence-corrected chi connectivity index (χ1v) is 11.6. The van der Waals surface area contributed by atoms with Crippen LogP contribution in [0.1, 0.15) is 28.8 Å². The van der Waals surface area contributed by atoms with E-state index in [0.29, 0.717) is 11.6 Å². The Labute approximate surface area is 186 Å². The first kappa shape index (κ1) is 23.2. The summed E-state index contributed by atoms with van der Waals surface area (Å²) in [5.74, 6) is -7.21. The van der Waals surface area contributed by atoms with Crippen LogP contribution in [-0.4, -0.2) is 44.0 Å². The van der Waals surface area contributed by atoms with Gasteiger partial charge in [-0.25, -0.2) is 26.0 Å². The van der Waals surface area contributed by atoms with Crippen LogP contribution in [0.25, 0.3) is 0 Å². The molecule has 0 radical (unpaired) electrons. The average Bonchev–Trinajstić information content (AvgIpc) is 2.76. The molecule has 2 aromatic carbocycles. The summed E-state index contributed by atoms with van der Waals surface area (Å²) in [5, 5.41) is 2.28. The van der Waals surface area contributed by atoms with Gasteiger partial charge in [0, 0.05) is 18.9 Å². The number of hydrogen-bond donors (Lipinski definition) is 2. The van der Waals surface area contributed by atoms with Gasteiger partial charge in [0.15, 0.2) is 9.84 Å². The lowest BCUT2D eigenvalue weighted by Crippen LogP contribution is -2.50. The molecular weight excluding hydrogens is 466 g/mol. The molecule has 176 valence electrons. The Hall–Kier alpha value is -2.99. The number of nitrogens with zero attached hydrogens (tertiary/aromatic N) is 1. The molecule has 1 atom stereocenters. The van der Waals surface area contributed by atoms with E-state index in [9.17, 15) is 35.6 Å². The van der Waals surface area contributed by atoms with Crippen LogP contribution in [-0.2, 0) is 21.2 Å². The third kappa shape index (κ3) is 4.58. The highest BCUT2D eigenvalue weighted by molar-refractivity contribution is 7.91. The SMILES string of the molecule is N[C@H]1CS(=O)(=O)c2cc(F)c(C(=O)NC3CC(F)(F)C3)cc2N(Cc2ccc(F)cc2)C1=O. The molecule has 1 aliphatic carbocycles. The fourth-order valence-electron chi connectivity index (χ4n) is 3.86. The standard InChI is InChI=1S/C21H19F4N3O4S/c22-12-3-1-11(2-4-12)9-28-17-5-14(19(29)27-13-7-21(24,25)8-13)15(23)6-18(17)33(31,32)10-16(26)20(28)30/h1-6,13,16H,7-10,26H2,(H,27,29)/t16-/m0/s1. The molecule has 2 aliphatic rings. The number of halogens is 4. The topological polar surface area (TPSA) is 110 Å². The Morgan fingerprint density at radius 2 is 1.79 bits per heavy atom. The Balaban J connectivity index is 1.76. The number of fused-ring (bicyclic) bond motifs is 1. The van der Waals surface area contributed by atoms with E-state index < -0.39 is 80.3 Å². The van der Waals surface area contributed by atoms with Crippen molar-refractivity contribution in [1.82, 2.24) is 5.32 Å². The number of alkyl halides is 2. The van der Waals surface area contributed by atoms with Crippen LogP contribution in [0.5, 0.6) is 0 Å². The quantitative estimate of drug-likeness (QED) is 0.645. The van der Waals surface area contributed by atoms with Crippen molar-refractivity contribution in [1.29, 1.82) is 0 Å². The third-order valence-electron chi connectivity index (χ3n) is 5.58. The molecule has 7 nitrogen and oxygen atoms in total. The van der Waals surface area contributed by atoms with E-state index in [2.05, 4.69) is 5.32 Å². The number of hydrogen-bond acceptors (Lipinski definition) is 5. The predicted octanol–water partition coefficient (Wildman–Crippen LogP) is 2.14. The van der Waals surface area contributed by atoms with Crippen molar-refractivity contribution in [2.75, 3.05) is 10.7 Å². The maximum Gasteiger partial charge on any atom is 0.254 e. The highest BCUT2D eigenvalue weighted by atomic mass is 32.2. The highest BCUT2D eigenvalue weighted by Crippen LogP contribution is 2.38. The van der Waals surface area contributed by atoms with Crippen LogP contribution in [0.15, 0.2) is 41.3 Å². The van der Waals surface area contributed by atoms with Crippen molar-refractivity contribution in [3.05, 3.63) is 59.2 Å². The van der Waals surface area contributed by atoms with Crippen LogP contribution in [0.2, 0.25) is 0 Å². The van der Waals surface area contributed by atoms with E-state index in [-0.39, 0.29) is 12.2 Å². The molecule has 2 aromatic rings. The molecule has 2 amide bonds. The number of nitrogens with one attached hydrogen (secondary N) is 1. The van der Waals surface area contributed by atoms with Crippen molar-refractivity contribution in [3.63, 3.8) is 0 Å². The minimum atomic E-state index is -4.21. The van der Waals surface area contributed by atoms with Crippen LogP contribution in [0, 0.1) is 11.6 Å². The van der Waals surface area contributed by atoms with Gasteiger partial charge < -0.3 is 16.0 Å². The van der Waals surface area contributed by atoms with E-state index >= 15 is 0 Å². The zero-order chi connectivity index (χ0) is 24.1. The molecule has 33 heavy (non-hydrogen) atoms. The van der Waals surface area contributed by atoms with Gasteiger partial charge in [-0.05, 0) is 29.8 Å². The zero-order valence-corrected chi connectivity index (χ0v) is 17.8. The molecule has 0 spiro atoms. The second-order valence-corrected chi connectivity index (χ2v) is 10.2. The number of rotatable bonds is 4. The summed E-state index contributed by atoms with van der Waals surface area (Å²) >= 11 is 0. The molecule has 0 bridgehead atoms. The number of amides is 2. The first-order valence-electron chi connectivity index (χ1n) is 9.93. The Kier molecular flexibility index (Phi) is 5.69. The molecule has 4 rings (SSSR count). The van der Waals surface area contributed by atoms with Gasteiger partial charge in [0.1, 0.15) is 11.6 Å². The number of sulfone groups is 1. The van der Waals surface area contributed by atoms with Gasteiger partial charge >= 0.3 is 0 Å². The van der Waals surface area contributed by atoms with Gasteiger partial charge in [-0.2, -0.15) is 0 Å². The van der Waals surface area contributed by atoms with Gasteiger partial charge in [-0.1, -0.05) is 12.1 Å². The minimum Gasteiger partial charge on any atom is -0.349 e. The van der Waals surface area contributed by atoms with Crippen molar-refractivity contribution in [3.8, 4) is 0 Å². The van der Waals surface area contributed by atoms with Crippen LogP contribution in [0.4, 0.5) is 23.2 Å². The number of anilines is 1. The fraction of sp³-hybridized carbons (Fsp3) is 0.333. The maximum absolute atomic E-state index is 14.8. The second kappa shape index (κ2) is 8.10. The normalized spacial score (nSPS) is 21.7. The van der Waals surface area contributed by atoms with Crippen molar-refractivity contribution >= 4 is 27.3 Å². The number of carbonyl (C=O) groups is 2. The molecule has 12 heteroatoms. The van der Waals surface area contributed by atoms with Crippen molar-refractivity contribution in [2.24, 2.45) is 5.73 Å². The molecule has 1 aliphatic heterocycles. The molecule has 3 N–H and O–H groups in total. The largest absolute Gasteiger partial charge is 0.349 e. The summed E-state index contributed by atoms with van der Waals surface area (Å²) in [6.07, 6.45) is -1.19. The van der Waals surface area contributed by atoms with Gasteiger partial charge in [-0.15, -0.1) is 0 Å². The van der Waals surface area contributed by atoms with Gasteiger partial charge in [0.05, 0.1) is 34.5 Å². The summed E-state index contributed by atoms with van der Waals surface area (Å²) in [6.45, 7) is -0.225. The molecule has 1 heterocycles. The smallest absolute Gasteiger partial charge is 0.254 e. The summed E-state index contributed by atoms with van der Waals surface area (Å²) < 4.78 is 79.7. The van der Waals surface area contributed by atoms with Gasteiger partial charge in [0.25, 0.3) is 11.8 Å². The number of benzene rings is 2. The number of nitrogens with two attached hydrogens (primary N) is 1. The van der Waals surface area contributed by atoms with E-state index in [1.807, 2.05) is 0 Å². The molecular formula is C21H19F4N3O4S. The lowest BCUT2D eigenvalue weighted by molar-refractivity contribution is -0.119. The van der Waals surface area contributed by atoms with Crippen LogP contribution in [0.3, 0.4) is 0 Å². The second-order valence-electron chi connectivity index (χ2n) is 8.17. The molecule has 1 fully saturated rings. The Bertz CT molecular complexity index is 1230. The summed E-state index contributed by atoms with van der Waals surface area (Å²) in [6, 6.07) is 4.24. The average molecular weight is 485 g/mol. The van der Waals surface area contributed by atoms with Crippen LogP contribution < -0.4 is 16.0 Å². The Morgan fingerprint density at radius 1 is 1.15 bits per heavy atom. The highest BCUT2D eigenvalue weighted by Gasteiger charge is 2.46. The van der Waals surface area contributed by atoms with Gasteiger partial charge in [-0.3, -0.25) is 9.59 Å². The molecule has 0 unspecified atom stereocenters. The minimum absolute atomic E-state index is 0.225. The zero-order valence-electron chi connectivity index (χ0n) is 17.0.